The molecule has 20 heteroatoms. The van der Waals surface area contributed by atoms with Crippen molar-refractivity contribution in [3.8, 4) is 33.8 Å². The number of aliphatic hydroxyl groups excluding tert-OH is 2. The van der Waals surface area contributed by atoms with Crippen molar-refractivity contribution >= 4 is 131 Å². The molecule has 0 saturated carbocycles. The first-order valence-electron chi connectivity index (χ1n) is 45.8. The highest BCUT2D eigenvalue weighted by atomic mass is 79.9. The summed E-state index contributed by atoms with van der Waals surface area (Å²) in [6, 6.07) is 64.2. The number of halogens is 4. The number of rotatable bonds is 43. The van der Waals surface area contributed by atoms with Crippen molar-refractivity contribution in [2.75, 3.05) is 121 Å². The van der Waals surface area contributed by atoms with Gasteiger partial charge >= 0.3 is 12.2 Å². The number of nitrogens with one attached hydrogen (secondary N) is 2. The fourth-order valence-electron chi connectivity index (χ4n) is 15.0. The predicted octanol–water partition coefficient (Wildman–Crippen LogP) is 28.6. The predicted molar refractivity (Wildman–Crippen MR) is 564 cm³/mol. The maximum absolute atomic E-state index is 12.1. The van der Waals surface area contributed by atoms with Crippen LogP contribution in [0.25, 0.3) is 76.9 Å². The minimum Gasteiger partial charge on any atom is -0.494 e. The number of unbranched alkanes of at least 4 members (excludes halogenated alkanes) is 2. The molecule has 0 atom stereocenters. The molecule has 0 radical (unpaired) electrons. The molecule has 2 aliphatic carbocycles. The van der Waals surface area contributed by atoms with Gasteiger partial charge in [0.15, 0.2) is 0 Å². The van der Waals surface area contributed by atoms with Crippen molar-refractivity contribution < 1.29 is 67.2 Å². The second-order valence-electron chi connectivity index (χ2n) is 33.9. The summed E-state index contributed by atoms with van der Waals surface area (Å²) in [5, 5.41) is 24.4. The second kappa shape index (κ2) is 61.2. The van der Waals surface area contributed by atoms with Crippen LogP contribution in [0.1, 0.15) is 217 Å². The number of carbonyl (C=O) groups excluding carboxylic acids is 2. The zero-order chi connectivity index (χ0) is 96.2. The van der Waals surface area contributed by atoms with Gasteiger partial charge in [0.05, 0.1) is 39.6 Å². The third kappa shape index (κ3) is 39.6. The van der Waals surface area contributed by atoms with E-state index in [4.69, 9.17) is 37.9 Å². The highest BCUT2D eigenvalue weighted by Crippen LogP contribution is 2.56. The summed E-state index contributed by atoms with van der Waals surface area (Å²) < 4.78 is 58.1. The van der Waals surface area contributed by atoms with E-state index < -0.39 is 17.3 Å². The van der Waals surface area contributed by atoms with Crippen molar-refractivity contribution in [3.63, 3.8) is 0 Å². The van der Waals surface area contributed by atoms with Gasteiger partial charge in [-0.1, -0.05) is 277 Å². The minimum absolute atomic E-state index is 0.135. The molecule has 712 valence electrons. The number of ether oxygens (including phenoxy) is 10. The Morgan fingerprint density at radius 3 is 1.16 bits per heavy atom. The lowest BCUT2D eigenvalue weighted by atomic mass is 9.71. The quantitative estimate of drug-likeness (QED) is 0.0208. The first-order chi connectivity index (χ1) is 63.6. The molecular weight excluding hydrogens is 1920 g/mol. The number of allylic oxidation sites excluding steroid dienone is 1. The Labute approximate surface area is 822 Å². The molecular formula is C112H142Br4N2O14. The van der Waals surface area contributed by atoms with E-state index in [0.717, 1.165) is 159 Å². The van der Waals surface area contributed by atoms with Gasteiger partial charge in [-0.15, -0.1) is 0 Å². The summed E-state index contributed by atoms with van der Waals surface area (Å²) >= 11 is 14.0. The molecule has 0 fully saturated rings. The minimum atomic E-state index is -0.526. The fraction of sp³-hybridized carbons (Fsp3) is 0.393. The van der Waals surface area contributed by atoms with Gasteiger partial charge in [-0.2, -0.15) is 0 Å². The zero-order valence-corrected chi connectivity index (χ0v) is 86.5. The average molecular weight is 2060 g/mol. The molecule has 0 bridgehead atoms. The largest absolute Gasteiger partial charge is 0.494 e. The Morgan fingerprint density at radius 1 is 0.379 bits per heavy atom. The number of benzene rings is 9. The smallest absolute Gasteiger partial charge is 0.407 e. The molecule has 4 N–H and O–H groups in total. The maximum atomic E-state index is 12.1. The van der Waals surface area contributed by atoms with Gasteiger partial charge < -0.3 is 68.2 Å². The van der Waals surface area contributed by atoms with E-state index in [1.165, 1.54) is 61.2 Å². The monoisotopic (exact) mass is 2050 g/mol. The summed E-state index contributed by atoms with van der Waals surface area (Å²) in [5.74, 6) is 1.63. The van der Waals surface area contributed by atoms with E-state index in [9.17, 15) is 19.8 Å². The van der Waals surface area contributed by atoms with Crippen LogP contribution in [0.15, 0.2) is 219 Å². The lowest BCUT2D eigenvalue weighted by Gasteiger charge is -2.33. The lowest BCUT2D eigenvalue weighted by molar-refractivity contribution is 0.0515. The van der Waals surface area contributed by atoms with Gasteiger partial charge in [-0.05, 0) is 284 Å². The summed E-state index contributed by atoms with van der Waals surface area (Å²) in [4.78, 5) is 23.5. The lowest BCUT2D eigenvalue weighted by Crippen LogP contribution is -2.33. The Kier molecular flexibility index (Phi) is 51.9. The number of hydrogen-bond donors (Lipinski definition) is 4. The van der Waals surface area contributed by atoms with Gasteiger partial charge in [-0.3, -0.25) is 0 Å². The van der Waals surface area contributed by atoms with Crippen LogP contribution in [0.4, 0.5) is 9.59 Å². The molecule has 0 aromatic heterocycles. The van der Waals surface area contributed by atoms with Gasteiger partial charge in [-0.25, -0.2) is 9.59 Å². The maximum Gasteiger partial charge on any atom is 0.407 e. The normalized spacial score (nSPS) is 12.4. The van der Waals surface area contributed by atoms with Crippen molar-refractivity contribution in [2.45, 2.75) is 168 Å². The summed E-state index contributed by atoms with van der Waals surface area (Å²) in [7, 11) is 6.78. The van der Waals surface area contributed by atoms with Crippen LogP contribution in [0.3, 0.4) is 0 Å². The third-order valence-corrected chi connectivity index (χ3v) is 23.4. The number of aryl methyl sites for hydroxylation is 1. The van der Waals surface area contributed by atoms with Crippen LogP contribution >= 0.6 is 63.7 Å². The standard InChI is InChI=1S/C62H75NO7.C19H20Br2O2.C15H21Br2NO3.C10H10.2C3H8O/c1-8-13-48-15-17-51(18-16-48)27-30-54-31-28-53(46-59(54)69-39-10-9-36-63-60(64)70-61(3,4)5)26-24-50-21-19-49(20-22-50)23-25-52-29-33-56-55-32-14-47(2)44-57(55)62(58(56)45-52,34-11-37-67-42-40-65-6)35-12-38-68-43-41-66-7;20-13-3-5-15-16-6-4-14(21)12-18(16)19(7-1-9-22,8-2-10-23)17(15)11-13;1-15(2,3)21-14(19)18-6-4-5-7-20-13-9-11(16)8-12(17)10-13;1-3-9-5-7-10(4-2)8-6-9;2*1-3-4-2/h8,13-33,44-46H,9-12,34-43H2,1-7H3,(H,63,64);3-6,11-12,22-23H,1-2,7-10H2;8-10H,4-7H2,1-3H3,(H,18,19);3-8H,1-2H2;2*3H2,1-2H3/b13-8+,25-23+,26-24+,30-27+;;;;;. The van der Waals surface area contributed by atoms with E-state index in [-0.39, 0.29) is 30.1 Å². The van der Waals surface area contributed by atoms with Gasteiger partial charge in [0, 0.05) is 115 Å². The van der Waals surface area contributed by atoms with E-state index in [2.05, 4.69) is 286 Å². The second-order valence-corrected chi connectivity index (χ2v) is 37.6. The molecule has 0 spiro atoms. The molecule has 0 heterocycles. The zero-order valence-electron chi connectivity index (χ0n) is 80.2. The van der Waals surface area contributed by atoms with Crippen LogP contribution in [0.2, 0.25) is 0 Å². The summed E-state index contributed by atoms with van der Waals surface area (Å²) in [6.07, 6.45) is 30.4. The highest BCUT2D eigenvalue weighted by molar-refractivity contribution is 9.11. The van der Waals surface area contributed by atoms with Crippen LogP contribution in [-0.2, 0) is 48.7 Å². The molecule has 16 nitrogen and oxygen atoms in total. The fourth-order valence-corrected chi connectivity index (χ4v) is 17.0. The van der Waals surface area contributed by atoms with Gasteiger partial charge in [0.25, 0.3) is 0 Å². The molecule has 0 aliphatic heterocycles. The Morgan fingerprint density at radius 2 is 0.742 bits per heavy atom. The van der Waals surface area contributed by atoms with Crippen LogP contribution in [-0.4, -0.2) is 154 Å². The van der Waals surface area contributed by atoms with Crippen LogP contribution in [0.5, 0.6) is 11.5 Å². The highest BCUT2D eigenvalue weighted by Gasteiger charge is 2.44. The van der Waals surface area contributed by atoms with Crippen molar-refractivity contribution in [2.24, 2.45) is 0 Å². The number of alkyl carbamates (subject to hydrolysis) is 2. The van der Waals surface area contributed by atoms with Crippen molar-refractivity contribution in [1.29, 1.82) is 0 Å². The number of methoxy groups -OCH3 is 4. The molecule has 2 amide bonds. The molecule has 2 aliphatic rings. The van der Waals surface area contributed by atoms with E-state index in [0.29, 0.717) is 65.9 Å². The molecule has 0 unspecified atom stereocenters. The van der Waals surface area contributed by atoms with Crippen molar-refractivity contribution in [3.05, 3.63) is 297 Å². The first kappa shape index (κ1) is 112. The molecule has 132 heavy (non-hydrogen) atoms. The average Bonchev–Trinajstić information content (AvgIpc) is 1.58. The Bertz CT molecular complexity index is 4920. The van der Waals surface area contributed by atoms with E-state index in [1.807, 2.05) is 123 Å². The Balaban J connectivity index is 0.000000344. The SMILES string of the molecule is C/C=C/c1ccc(/C=C/c2ccc(/C=C/c3ccc(/C=C/c4ccc5c(c4)C(CCCOCCOC)(CCCOCCOC)c4cc(C)ccc4-5)cc3)cc2OCCCCNC(=O)OC(C)(C)C)cc1.C=Cc1ccc(C=C)cc1.CC(C)(C)OC(=O)NCCCCOc1cc(Br)cc(Br)c1.CCOC.CCOC.OCCCC1(CCCO)c2cc(Br)ccc2-c2ccc(Br)cc21. The Hall–Kier alpha value is -8.84. The van der Waals surface area contributed by atoms with E-state index >= 15 is 0 Å². The van der Waals surface area contributed by atoms with Crippen molar-refractivity contribution in [1.82, 2.24) is 10.6 Å². The number of aliphatic hydroxyl groups is 2. The molecule has 0 saturated heterocycles. The number of carbonyl (C=O) groups is 2. The van der Waals surface area contributed by atoms with Gasteiger partial charge in [0.2, 0.25) is 0 Å². The summed E-state index contributed by atoms with van der Waals surface area (Å²) in [5.41, 5.74) is 20.7. The van der Waals surface area contributed by atoms with Crippen LogP contribution < -0.4 is 20.1 Å². The van der Waals surface area contributed by atoms with Gasteiger partial charge in [0.1, 0.15) is 22.7 Å². The van der Waals surface area contributed by atoms with E-state index in [1.54, 1.807) is 28.4 Å². The topological polar surface area (TPSA) is 191 Å². The first-order valence-corrected chi connectivity index (χ1v) is 49.0. The third-order valence-electron chi connectivity index (χ3n) is 21.5. The number of amides is 2. The molecule has 11 rings (SSSR count). The number of fused-ring (bicyclic) bond motifs is 6. The molecule has 9 aromatic rings. The molecule has 9 aromatic carbocycles. The summed E-state index contributed by atoms with van der Waals surface area (Å²) in [6.45, 7) is 34.6. The van der Waals surface area contributed by atoms with Crippen LogP contribution in [0, 0.1) is 6.92 Å². The number of hydrogen-bond acceptors (Lipinski definition) is 14.